The SMILES string of the molecule is CCCCN1/C(=C/C=C2\CCC/C(=C\C=C3\N(CCCC)c4ccccc4C3(C)C)C2=[N+]2CCN(C(=O)CCC(=O)OCC3(C)Nc4cccc5c(N)ccc(c45)N3)CC2)C(C)(C)c2ccccc21.COC.Nc1ccc(N)c2ccccc12.Nc1ccccc1. The minimum atomic E-state index is -0.725. The number of benzene rings is 7. The van der Waals surface area contributed by atoms with E-state index < -0.39 is 5.66 Å². The summed E-state index contributed by atoms with van der Waals surface area (Å²) >= 11 is 0. The highest BCUT2D eigenvalue weighted by atomic mass is 16.5. The fraction of sp³-hybridized carbons (Fsp3) is 0.364. The van der Waals surface area contributed by atoms with Gasteiger partial charge in [0.25, 0.3) is 0 Å². The first-order chi connectivity index (χ1) is 43.8. The lowest BCUT2D eigenvalue weighted by Crippen LogP contribution is -2.49. The number of anilines is 8. The summed E-state index contributed by atoms with van der Waals surface area (Å²) in [5.74, 6) is -0.396. The molecule has 0 bridgehead atoms. The van der Waals surface area contributed by atoms with E-state index in [9.17, 15) is 9.59 Å². The van der Waals surface area contributed by atoms with Gasteiger partial charge in [0.15, 0.2) is 13.1 Å². The molecule has 10 N–H and O–H groups in total. The number of fused-ring (bicyclic) bond motifs is 3. The first-order valence-corrected chi connectivity index (χ1v) is 32.6. The van der Waals surface area contributed by atoms with E-state index in [1.54, 1.807) is 14.2 Å². The minimum absolute atomic E-state index is 0.00929. The van der Waals surface area contributed by atoms with Crippen molar-refractivity contribution in [2.45, 2.75) is 123 Å². The van der Waals surface area contributed by atoms with Gasteiger partial charge in [-0.3, -0.25) is 9.59 Å². The molecule has 1 saturated heterocycles. The number of carbonyl (C=O) groups excluding carboxylic acids is 2. The summed E-state index contributed by atoms with van der Waals surface area (Å²) in [5, 5.41) is 11.1. The molecule has 0 radical (unpaired) electrons. The van der Waals surface area contributed by atoms with Crippen molar-refractivity contribution in [3.8, 4) is 0 Å². The van der Waals surface area contributed by atoms with Crippen molar-refractivity contribution in [3.05, 3.63) is 204 Å². The predicted octanol–water partition coefficient (Wildman–Crippen LogP) is 15.1. The third-order valence-electron chi connectivity index (χ3n) is 18.2. The van der Waals surface area contributed by atoms with E-state index in [4.69, 9.17) is 27.7 Å². The van der Waals surface area contributed by atoms with Crippen molar-refractivity contribution in [2.75, 3.05) is 103 Å². The molecule has 1 atom stereocenters. The zero-order chi connectivity index (χ0) is 64.9. The molecule has 2 fully saturated rings. The van der Waals surface area contributed by atoms with Crippen LogP contribution in [0.3, 0.4) is 0 Å². The molecular formula is C77H97N10O4+. The second kappa shape index (κ2) is 29.7. The number of ether oxygens (including phenoxy) is 2. The molecule has 0 aromatic heterocycles. The highest BCUT2D eigenvalue weighted by Crippen LogP contribution is 2.50. The van der Waals surface area contributed by atoms with Crippen LogP contribution in [0.25, 0.3) is 21.5 Å². The number of amides is 1. The molecular weight excluding hydrogens is 1130 g/mol. The van der Waals surface area contributed by atoms with Crippen molar-refractivity contribution in [1.82, 2.24) is 4.90 Å². The Hall–Kier alpha value is -9.01. The summed E-state index contributed by atoms with van der Waals surface area (Å²) in [7, 11) is 3.25. The average molecular weight is 1230 g/mol. The van der Waals surface area contributed by atoms with Gasteiger partial charge in [0.05, 0.1) is 19.5 Å². The molecule has 5 aliphatic rings. The van der Waals surface area contributed by atoms with Gasteiger partial charge in [-0.05, 0) is 117 Å². The van der Waals surface area contributed by atoms with Gasteiger partial charge in [0, 0.05) is 134 Å². The van der Waals surface area contributed by atoms with Crippen LogP contribution < -0.4 is 43.4 Å². The normalized spacial score (nSPS) is 19.4. The van der Waals surface area contributed by atoms with Crippen LogP contribution in [0.4, 0.5) is 45.5 Å². The number of nitrogens with zero attached hydrogens (tertiary/aromatic N) is 4. The number of carbonyl (C=O) groups is 2. The summed E-state index contributed by atoms with van der Waals surface area (Å²) in [6.07, 6.45) is 17.5. The molecule has 4 heterocycles. The Balaban J connectivity index is 0.000000373. The molecule has 478 valence electrons. The van der Waals surface area contributed by atoms with E-state index in [1.807, 2.05) is 109 Å². The summed E-state index contributed by atoms with van der Waals surface area (Å²) in [5.41, 5.74) is 39.3. The maximum atomic E-state index is 13.8. The van der Waals surface area contributed by atoms with Crippen LogP contribution in [0, 0.1) is 0 Å². The number of allylic oxidation sites excluding steroid dienone is 8. The number of nitrogen functional groups attached to an aromatic ring is 4. The molecule has 1 unspecified atom stereocenters. The van der Waals surface area contributed by atoms with Gasteiger partial charge in [-0.1, -0.05) is 158 Å². The highest BCUT2D eigenvalue weighted by Gasteiger charge is 2.42. The molecule has 14 nitrogen and oxygen atoms in total. The van der Waals surface area contributed by atoms with Crippen molar-refractivity contribution < 1.29 is 23.6 Å². The fourth-order valence-electron chi connectivity index (χ4n) is 13.4. The number of rotatable bonds is 13. The van der Waals surface area contributed by atoms with Crippen molar-refractivity contribution in [2.24, 2.45) is 0 Å². The van der Waals surface area contributed by atoms with Crippen LogP contribution >= 0.6 is 0 Å². The van der Waals surface area contributed by atoms with E-state index in [0.29, 0.717) is 18.8 Å². The third kappa shape index (κ3) is 15.1. The van der Waals surface area contributed by atoms with E-state index in [1.165, 1.54) is 50.8 Å². The van der Waals surface area contributed by atoms with Crippen LogP contribution in [0.15, 0.2) is 192 Å². The lowest BCUT2D eigenvalue weighted by molar-refractivity contribution is -0.537. The maximum absolute atomic E-state index is 13.8. The smallest absolute Gasteiger partial charge is 0.306 e. The Kier molecular flexibility index (Phi) is 21.7. The van der Waals surface area contributed by atoms with Crippen molar-refractivity contribution >= 4 is 84.6 Å². The largest absolute Gasteiger partial charge is 0.461 e. The summed E-state index contributed by atoms with van der Waals surface area (Å²) in [4.78, 5) is 34.0. The van der Waals surface area contributed by atoms with Gasteiger partial charge in [0.1, 0.15) is 12.3 Å². The monoisotopic (exact) mass is 1230 g/mol. The third-order valence-corrected chi connectivity index (χ3v) is 18.2. The van der Waals surface area contributed by atoms with Crippen molar-refractivity contribution in [3.63, 3.8) is 0 Å². The summed E-state index contributed by atoms with van der Waals surface area (Å²) < 4.78 is 12.6. The number of para-hydroxylation sites is 3. The molecule has 14 heteroatoms. The number of hydrogen-bond acceptors (Lipinski definition) is 12. The second-order valence-electron chi connectivity index (χ2n) is 25.6. The average Bonchev–Trinajstić information content (AvgIpc) is 1.74. The van der Waals surface area contributed by atoms with Crippen LogP contribution in [-0.4, -0.2) is 92.8 Å². The Morgan fingerprint density at radius 1 is 0.560 bits per heavy atom. The zero-order valence-electron chi connectivity index (χ0n) is 55.2. The molecule has 1 aliphatic carbocycles. The van der Waals surface area contributed by atoms with Gasteiger partial charge in [0.2, 0.25) is 11.6 Å². The molecule has 4 aliphatic heterocycles. The molecule has 7 aromatic rings. The molecule has 1 amide bonds. The fourth-order valence-corrected chi connectivity index (χ4v) is 13.4. The van der Waals surface area contributed by atoms with Crippen molar-refractivity contribution in [1.29, 1.82) is 0 Å². The van der Waals surface area contributed by atoms with E-state index in [-0.39, 0.29) is 42.2 Å². The van der Waals surface area contributed by atoms with Crippen LogP contribution in [0.5, 0.6) is 0 Å². The highest BCUT2D eigenvalue weighted by molar-refractivity contribution is 6.11. The van der Waals surface area contributed by atoms with Gasteiger partial charge in [-0.15, -0.1) is 0 Å². The topological polar surface area (TPSA) is 193 Å². The first kappa shape index (κ1) is 66.4. The lowest BCUT2D eigenvalue weighted by Gasteiger charge is -2.38. The Morgan fingerprint density at radius 2 is 1.02 bits per heavy atom. The Bertz CT molecular complexity index is 3710. The molecule has 91 heavy (non-hydrogen) atoms. The van der Waals surface area contributed by atoms with Crippen LogP contribution in [0.2, 0.25) is 0 Å². The number of piperazine rings is 1. The number of unbranched alkanes of at least 4 members (excludes halogenated alkanes) is 2. The summed E-state index contributed by atoms with van der Waals surface area (Å²) in [6, 6.07) is 48.7. The number of nitrogens with one attached hydrogen (secondary N) is 2. The van der Waals surface area contributed by atoms with Gasteiger partial charge in [-0.2, -0.15) is 0 Å². The van der Waals surface area contributed by atoms with Gasteiger partial charge >= 0.3 is 5.97 Å². The van der Waals surface area contributed by atoms with Gasteiger partial charge in [-0.25, -0.2) is 4.58 Å². The second-order valence-corrected chi connectivity index (χ2v) is 25.6. The Morgan fingerprint density at radius 3 is 1.53 bits per heavy atom. The lowest BCUT2D eigenvalue weighted by atomic mass is 9.82. The summed E-state index contributed by atoms with van der Waals surface area (Å²) in [6.45, 7) is 20.7. The minimum Gasteiger partial charge on any atom is -0.461 e. The predicted molar refractivity (Wildman–Crippen MR) is 382 cm³/mol. The molecule has 7 aromatic carbocycles. The van der Waals surface area contributed by atoms with Gasteiger partial charge < -0.3 is 57.7 Å². The van der Waals surface area contributed by atoms with E-state index in [0.717, 1.165) is 121 Å². The Labute approximate surface area is 540 Å². The standard InChI is InChI=1S/C59H74N7O3.C10H10N2.C6H7N.C2H6O/c1-8-10-34-65-49-24-14-12-21-44(49)57(3,4)51(65)30-26-41-18-16-19-42(27-31-52-58(5,6)45-22-13-15-25-50(45)66(52)35-11-9-2)56(41)64-38-36-63(37-39-64)53(67)32-33-54(68)69-40-59(7)61-47-23-17-20-43-46(60)28-29-48(62-59)55(43)47;11-9-5-6-10(12)8-4-2-1-3-7(8)9;7-6-4-2-1-3-5-6;1-3-2/h12-15,17,20-31,61-62H,8-11,16,18-19,32-40,60H2,1-7H3;1-6H,11-12H2;1-5H,7H2;1-2H3/q+1;;;. The maximum Gasteiger partial charge on any atom is 0.306 e. The number of hydrogen-bond donors (Lipinski definition) is 6. The van der Waals surface area contributed by atoms with Crippen LogP contribution in [-0.2, 0) is 29.9 Å². The molecule has 1 saturated carbocycles. The number of methoxy groups -OCH3 is 1. The quantitative estimate of drug-likeness (QED) is 0.0364. The number of nitrogens with two attached hydrogens (primary N) is 4. The van der Waals surface area contributed by atoms with E-state index in [2.05, 4.69) is 144 Å². The molecule has 12 rings (SSSR count). The number of esters is 1. The zero-order valence-corrected chi connectivity index (χ0v) is 55.2. The van der Waals surface area contributed by atoms with Crippen LogP contribution in [0.1, 0.15) is 117 Å². The molecule has 0 spiro atoms. The van der Waals surface area contributed by atoms with E-state index >= 15 is 0 Å². The first-order valence-electron chi connectivity index (χ1n) is 32.6.